The number of rotatable bonds is 3. The maximum Gasteiger partial charge on any atom is 0.104 e. The molecule has 0 aliphatic carbocycles. The molecule has 5 nitrogen and oxygen atoms in total. The van der Waals surface area contributed by atoms with E-state index < -0.39 is 0 Å². The van der Waals surface area contributed by atoms with Crippen LogP contribution in [-0.2, 0) is 4.74 Å². The Bertz CT molecular complexity index is 519. The zero-order valence-corrected chi connectivity index (χ0v) is 10.7. The van der Waals surface area contributed by atoms with E-state index in [9.17, 15) is 0 Å². The van der Waals surface area contributed by atoms with Crippen molar-refractivity contribution in [3.05, 3.63) is 48.3 Å². The second kappa shape index (κ2) is 5.42. The number of morpholine rings is 1. The summed E-state index contributed by atoms with van der Waals surface area (Å²) in [6.07, 6.45) is 3.59. The van der Waals surface area contributed by atoms with Crippen molar-refractivity contribution in [2.24, 2.45) is 0 Å². The lowest BCUT2D eigenvalue weighted by molar-refractivity contribution is 0.00220. The molecule has 1 aliphatic rings. The summed E-state index contributed by atoms with van der Waals surface area (Å²) in [7, 11) is 0. The second-order valence-electron chi connectivity index (χ2n) is 4.72. The van der Waals surface area contributed by atoms with Crippen LogP contribution in [0.5, 0.6) is 0 Å². The standard InChI is InChI=1S/C14H18N4O/c15-12-8-17-18(10-12)14(11-4-2-1-3-5-11)13-9-16-6-7-19-13/h1-5,8,10,13-14,16H,6-7,9,15H2. The highest BCUT2D eigenvalue weighted by Gasteiger charge is 2.28. The van der Waals surface area contributed by atoms with E-state index in [0.29, 0.717) is 5.69 Å². The molecular formula is C14H18N4O. The molecule has 2 heterocycles. The first-order valence-electron chi connectivity index (χ1n) is 6.51. The zero-order chi connectivity index (χ0) is 13.1. The van der Waals surface area contributed by atoms with Gasteiger partial charge >= 0.3 is 0 Å². The van der Waals surface area contributed by atoms with E-state index in [1.54, 1.807) is 6.20 Å². The Hall–Kier alpha value is -1.85. The van der Waals surface area contributed by atoms with E-state index in [0.717, 1.165) is 19.7 Å². The van der Waals surface area contributed by atoms with E-state index in [4.69, 9.17) is 10.5 Å². The predicted molar refractivity (Wildman–Crippen MR) is 73.8 cm³/mol. The number of benzene rings is 1. The minimum absolute atomic E-state index is 0.0475. The highest BCUT2D eigenvalue weighted by atomic mass is 16.5. The fraction of sp³-hybridized carbons (Fsp3) is 0.357. The number of hydrogen-bond donors (Lipinski definition) is 2. The summed E-state index contributed by atoms with van der Waals surface area (Å²) >= 11 is 0. The van der Waals surface area contributed by atoms with Gasteiger partial charge in [0.1, 0.15) is 6.04 Å². The fourth-order valence-electron chi connectivity index (χ4n) is 2.48. The van der Waals surface area contributed by atoms with Crippen LogP contribution in [0.25, 0.3) is 0 Å². The van der Waals surface area contributed by atoms with Gasteiger partial charge in [-0.3, -0.25) is 4.68 Å². The Morgan fingerprint density at radius 3 is 2.84 bits per heavy atom. The van der Waals surface area contributed by atoms with Gasteiger partial charge in [0.2, 0.25) is 0 Å². The largest absolute Gasteiger partial charge is 0.396 e. The highest BCUT2D eigenvalue weighted by Crippen LogP contribution is 2.25. The molecule has 2 atom stereocenters. The van der Waals surface area contributed by atoms with Gasteiger partial charge in [-0.25, -0.2) is 0 Å². The molecule has 0 radical (unpaired) electrons. The van der Waals surface area contributed by atoms with Crippen LogP contribution in [0.2, 0.25) is 0 Å². The molecule has 1 aromatic carbocycles. The summed E-state index contributed by atoms with van der Waals surface area (Å²) in [6.45, 7) is 2.45. The number of anilines is 1. The van der Waals surface area contributed by atoms with Crippen molar-refractivity contribution in [1.82, 2.24) is 15.1 Å². The lowest BCUT2D eigenvalue weighted by Gasteiger charge is -2.31. The van der Waals surface area contributed by atoms with Gasteiger partial charge in [0, 0.05) is 19.3 Å². The van der Waals surface area contributed by atoms with Gasteiger partial charge in [0.05, 0.1) is 24.6 Å². The van der Waals surface area contributed by atoms with Crippen LogP contribution in [0.3, 0.4) is 0 Å². The van der Waals surface area contributed by atoms with Gasteiger partial charge in [-0.05, 0) is 5.56 Å². The molecule has 0 saturated carbocycles. The molecular weight excluding hydrogens is 240 g/mol. The molecule has 1 saturated heterocycles. The molecule has 0 amide bonds. The van der Waals surface area contributed by atoms with Crippen LogP contribution in [0.1, 0.15) is 11.6 Å². The number of nitrogens with one attached hydrogen (secondary N) is 1. The fourth-order valence-corrected chi connectivity index (χ4v) is 2.48. The van der Waals surface area contributed by atoms with Gasteiger partial charge in [-0.2, -0.15) is 5.10 Å². The first kappa shape index (κ1) is 12.2. The van der Waals surface area contributed by atoms with Crippen molar-refractivity contribution in [1.29, 1.82) is 0 Å². The third-order valence-corrected chi connectivity index (χ3v) is 3.36. The minimum Gasteiger partial charge on any atom is -0.396 e. The molecule has 1 aromatic heterocycles. The molecule has 1 aliphatic heterocycles. The van der Waals surface area contributed by atoms with Crippen LogP contribution in [0, 0.1) is 0 Å². The van der Waals surface area contributed by atoms with Gasteiger partial charge < -0.3 is 15.8 Å². The summed E-state index contributed by atoms with van der Waals surface area (Å²) in [5.74, 6) is 0. The van der Waals surface area contributed by atoms with Crippen molar-refractivity contribution in [2.75, 3.05) is 25.4 Å². The van der Waals surface area contributed by atoms with Gasteiger partial charge in [-0.1, -0.05) is 30.3 Å². The van der Waals surface area contributed by atoms with Gasteiger partial charge in [0.15, 0.2) is 0 Å². The summed E-state index contributed by atoms with van der Waals surface area (Å²) in [5.41, 5.74) is 7.64. The highest BCUT2D eigenvalue weighted by molar-refractivity contribution is 5.32. The Morgan fingerprint density at radius 2 is 2.21 bits per heavy atom. The van der Waals surface area contributed by atoms with Gasteiger partial charge in [-0.15, -0.1) is 0 Å². The van der Waals surface area contributed by atoms with Crippen molar-refractivity contribution in [2.45, 2.75) is 12.1 Å². The van der Waals surface area contributed by atoms with Crippen molar-refractivity contribution >= 4 is 5.69 Å². The average Bonchev–Trinajstić information content (AvgIpc) is 2.88. The molecule has 0 spiro atoms. The minimum atomic E-state index is 0.0475. The Morgan fingerprint density at radius 1 is 1.37 bits per heavy atom. The molecule has 3 rings (SSSR count). The van der Waals surface area contributed by atoms with Crippen LogP contribution < -0.4 is 11.1 Å². The number of nitrogens with two attached hydrogens (primary N) is 1. The van der Waals surface area contributed by atoms with Gasteiger partial charge in [0.25, 0.3) is 0 Å². The molecule has 100 valence electrons. The first-order chi connectivity index (χ1) is 9.34. The smallest absolute Gasteiger partial charge is 0.104 e. The zero-order valence-electron chi connectivity index (χ0n) is 10.7. The van der Waals surface area contributed by atoms with Crippen LogP contribution in [-0.4, -0.2) is 35.6 Å². The maximum absolute atomic E-state index is 5.89. The van der Waals surface area contributed by atoms with Crippen LogP contribution in [0.15, 0.2) is 42.7 Å². The van der Waals surface area contributed by atoms with Crippen molar-refractivity contribution in [3.8, 4) is 0 Å². The SMILES string of the molecule is Nc1cnn(C(c2ccccc2)C2CNCCO2)c1. The molecule has 0 bridgehead atoms. The lowest BCUT2D eigenvalue weighted by Crippen LogP contribution is -2.43. The van der Waals surface area contributed by atoms with Crippen molar-refractivity contribution in [3.63, 3.8) is 0 Å². The summed E-state index contributed by atoms with van der Waals surface area (Å²) < 4.78 is 7.79. The molecule has 2 aromatic rings. The Balaban J connectivity index is 1.95. The summed E-state index contributed by atoms with van der Waals surface area (Å²) in [5, 5.41) is 7.72. The number of nitrogens with zero attached hydrogens (tertiary/aromatic N) is 2. The normalized spacial score (nSPS) is 21.2. The first-order valence-corrected chi connectivity index (χ1v) is 6.51. The predicted octanol–water partition coefficient (Wildman–Crippen LogP) is 1.04. The van der Waals surface area contributed by atoms with E-state index in [-0.39, 0.29) is 12.1 Å². The third-order valence-electron chi connectivity index (χ3n) is 3.36. The number of nitrogen functional groups attached to an aromatic ring is 1. The average molecular weight is 258 g/mol. The third kappa shape index (κ3) is 2.62. The van der Waals surface area contributed by atoms with E-state index >= 15 is 0 Å². The molecule has 2 unspecified atom stereocenters. The maximum atomic E-state index is 5.89. The lowest BCUT2D eigenvalue weighted by atomic mass is 10.0. The molecule has 5 heteroatoms. The quantitative estimate of drug-likeness (QED) is 0.863. The monoisotopic (exact) mass is 258 g/mol. The molecule has 19 heavy (non-hydrogen) atoms. The summed E-state index contributed by atoms with van der Waals surface area (Å²) in [4.78, 5) is 0. The topological polar surface area (TPSA) is 65.1 Å². The molecule has 1 fully saturated rings. The van der Waals surface area contributed by atoms with E-state index in [2.05, 4.69) is 22.5 Å². The van der Waals surface area contributed by atoms with Crippen LogP contribution >= 0.6 is 0 Å². The molecule has 3 N–H and O–H groups in total. The number of hydrogen-bond acceptors (Lipinski definition) is 4. The Kier molecular flexibility index (Phi) is 3.48. The number of aromatic nitrogens is 2. The van der Waals surface area contributed by atoms with Crippen molar-refractivity contribution < 1.29 is 4.74 Å². The summed E-state index contributed by atoms with van der Waals surface area (Å²) in [6, 6.07) is 10.3. The van der Waals surface area contributed by atoms with E-state index in [1.165, 1.54) is 5.56 Å². The number of ether oxygens (including phenoxy) is 1. The second-order valence-corrected chi connectivity index (χ2v) is 4.72. The Labute approximate surface area is 112 Å². The van der Waals surface area contributed by atoms with Crippen LogP contribution in [0.4, 0.5) is 5.69 Å². The van der Waals surface area contributed by atoms with E-state index in [1.807, 2.05) is 29.1 Å².